The molecule has 1 N–H and O–H groups in total. The molecule has 23 heavy (non-hydrogen) atoms. The first-order chi connectivity index (χ1) is 11.2. The smallest absolute Gasteiger partial charge is 0.116 e. The first-order valence-corrected chi connectivity index (χ1v) is 7.39. The monoisotopic (exact) mass is 301 g/mol. The largest absolute Gasteiger partial charge is 0.508 e. The number of hydrogen-bond acceptors (Lipinski definition) is 3. The average Bonchev–Trinajstić information content (AvgIpc) is 2.92. The fourth-order valence-corrected chi connectivity index (χ4v) is 2.67. The van der Waals surface area contributed by atoms with Crippen molar-refractivity contribution in [3.63, 3.8) is 0 Å². The minimum absolute atomic E-state index is 0.257. The van der Waals surface area contributed by atoms with Gasteiger partial charge in [-0.05, 0) is 48.0 Å². The minimum Gasteiger partial charge on any atom is -0.508 e. The number of fused-ring (bicyclic) bond motifs is 2. The number of pyridine rings is 1. The lowest BCUT2D eigenvalue weighted by molar-refractivity contribution is 0.476. The van der Waals surface area contributed by atoms with E-state index in [0.717, 1.165) is 33.1 Å². The Kier molecular flexibility index (Phi) is 3.08. The Labute approximate surface area is 133 Å². The van der Waals surface area contributed by atoms with E-state index in [1.807, 2.05) is 60.4 Å². The van der Waals surface area contributed by atoms with E-state index < -0.39 is 0 Å². The van der Waals surface area contributed by atoms with E-state index >= 15 is 0 Å². The highest BCUT2D eigenvalue weighted by Gasteiger charge is 2.00. The summed E-state index contributed by atoms with van der Waals surface area (Å²) in [7, 11) is 1.92. The number of aromatic hydroxyl groups is 1. The van der Waals surface area contributed by atoms with E-state index in [2.05, 4.69) is 16.1 Å². The Morgan fingerprint density at radius 3 is 2.70 bits per heavy atom. The number of hydrogen-bond donors (Lipinski definition) is 1. The van der Waals surface area contributed by atoms with Crippen molar-refractivity contribution in [2.24, 2.45) is 7.05 Å². The molecule has 0 aliphatic rings. The van der Waals surface area contributed by atoms with Gasteiger partial charge in [0.1, 0.15) is 5.75 Å². The van der Waals surface area contributed by atoms with Crippen molar-refractivity contribution in [1.29, 1.82) is 0 Å². The SMILES string of the molecule is Cn1cc2cc(/C=C/c3ccc4cc(O)ccc4n3)ccc2n1. The van der Waals surface area contributed by atoms with Crippen LogP contribution in [0.4, 0.5) is 0 Å². The Bertz CT molecular complexity index is 1050. The van der Waals surface area contributed by atoms with Crippen LogP contribution in [-0.2, 0) is 7.05 Å². The summed E-state index contributed by atoms with van der Waals surface area (Å²) in [5.74, 6) is 0.257. The predicted octanol–water partition coefficient (Wildman–Crippen LogP) is 4.00. The van der Waals surface area contributed by atoms with Gasteiger partial charge in [-0.15, -0.1) is 0 Å². The molecule has 0 amide bonds. The first kappa shape index (κ1) is 13.5. The second kappa shape index (κ2) is 5.25. The zero-order valence-electron chi connectivity index (χ0n) is 12.6. The van der Waals surface area contributed by atoms with Crippen molar-refractivity contribution in [2.45, 2.75) is 0 Å². The highest BCUT2D eigenvalue weighted by Crippen LogP contribution is 2.20. The number of nitrogens with zero attached hydrogens (tertiary/aromatic N) is 3. The van der Waals surface area contributed by atoms with Crippen LogP contribution in [0.3, 0.4) is 0 Å². The predicted molar refractivity (Wildman–Crippen MR) is 93.0 cm³/mol. The first-order valence-electron chi connectivity index (χ1n) is 7.39. The van der Waals surface area contributed by atoms with E-state index in [0.29, 0.717) is 0 Å². The summed E-state index contributed by atoms with van der Waals surface area (Å²) in [4.78, 5) is 4.58. The van der Waals surface area contributed by atoms with Crippen molar-refractivity contribution in [3.8, 4) is 5.75 Å². The van der Waals surface area contributed by atoms with E-state index in [4.69, 9.17) is 0 Å². The summed E-state index contributed by atoms with van der Waals surface area (Å²) < 4.78 is 1.82. The quantitative estimate of drug-likeness (QED) is 0.609. The topological polar surface area (TPSA) is 50.9 Å². The summed E-state index contributed by atoms with van der Waals surface area (Å²) in [6.07, 6.45) is 6.04. The number of benzene rings is 2. The lowest BCUT2D eigenvalue weighted by atomic mass is 10.1. The maximum absolute atomic E-state index is 9.49. The second-order valence-electron chi connectivity index (χ2n) is 5.57. The molecule has 112 valence electrons. The molecule has 2 aromatic carbocycles. The Hall–Kier alpha value is -3.14. The third-order valence-electron chi connectivity index (χ3n) is 3.78. The van der Waals surface area contributed by atoms with Gasteiger partial charge >= 0.3 is 0 Å². The number of phenols is 1. The number of rotatable bonds is 2. The fourth-order valence-electron chi connectivity index (χ4n) is 2.67. The molecule has 4 aromatic rings. The maximum atomic E-state index is 9.49. The fraction of sp³-hybridized carbons (Fsp3) is 0.0526. The summed E-state index contributed by atoms with van der Waals surface area (Å²) in [5, 5.41) is 15.9. The number of phenolic OH excluding ortho intramolecular Hbond substituents is 1. The van der Waals surface area contributed by atoms with Crippen LogP contribution < -0.4 is 0 Å². The molecule has 4 rings (SSSR count). The van der Waals surface area contributed by atoms with Crippen molar-refractivity contribution in [3.05, 3.63) is 66.0 Å². The number of aryl methyl sites for hydroxylation is 1. The van der Waals surface area contributed by atoms with Gasteiger partial charge in [-0.25, -0.2) is 4.98 Å². The molecule has 0 spiro atoms. The Morgan fingerprint density at radius 1 is 0.913 bits per heavy atom. The van der Waals surface area contributed by atoms with Crippen LogP contribution in [0.1, 0.15) is 11.3 Å². The van der Waals surface area contributed by atoms with Gasteiger partial charge < -0.3 is 5.11 Å². The lowest BCUT2D eigenvalue weighted by Crippen LogP contribution is -1.84. The van der Waals surface area contributed by atoms with Crippen LogP contribution in [0.2, 0.25) is 0 Å². The molecule has 0 unspecified atom stereocenters. The third kappa shape index (κ3) is 2.66. The maximum Gasteiger partial charge on any atom is 0.116 e. The van der Waals surface area contributed by atoms with Gasteiger partial charge in [0.25, 0.3) is 0 Å². The molecule has 0 atom stereocenters. The molecule has 0 saturated heterocycles. The zero-order valence-corrected chi connectivity index (χ0v) is 12.6. The lowest BCUT2D eigenvalue weighted by Gasteiger charge is -2.00. The summed E-state index contributed by atoms with van der Waals surface area (Å²) in [5.41, 5.74) is 3.86. The Balaban J connectivity index is 1.67. The average molecular weight is 301 g/mol. The molecule has 4 heteroatoms. The van der Waals surface area contributed by atoms with Gasteiger partial charge in [-0.2, -0.15) is 5.10 Å². The standard InChI is InChI=1S/C19H15N3O/c1-22-12-15-10-13(3-8-19(15)21-22)2-5-16-6-4-14-11-17(23)7-9-18(14)20-16/h2-12,23H,1H3/b5-2+. The normalized spacial score (nSPS) is 11.7. The molecule has 0 saturated carbocycles. The van der Waals surface area contributed by atoms with Gasteiger partial charge in [0.05, 0.1) is 16.7 Å². The highest BCUT2D eigenvalue weighted by atomic mass is 16.3. The van der Waals surface area contributed by atoms with E-state index in [1.165, 1.54) is 0 Å². The second-order valence-corrected chi connectivity index (χ2v) is 5.57. The number of aromatic nitrogens is 3. The summed E-state index contributed by atoms with van der Waals surface area (Å²) in [6.45, 7) is 0. The van der Waals surface area contributed by atoms with Crippen LogP contribution in [0.25, 0.3) is 34.0 Å². The van der Waals surface area contributed by atoms with Gasteiger partial charge in [0.15, 0.2) is 0 Å². The van der Waals surface area contributed by atoms with Gasteiger partial charge in [-0.1, -0.05) is 18.2 Å². The van der Waals surface area contributed by atoms with Crippen molar-refractivity contribution < 1.29 is 5.11 Å². The molecule has 2 heterocycles. The molecular weight excluding hydrogens is 286 g/mol. The van der Waals surface area contributed by atoms with Crippen LogP contribution >= 0.6 is 0 Å². The van der Waals surface area contributed by atoms with E-state index in [-0.39, 0.29) is 5.75 Å². The molecule has 0 fully saturated rings. The van der Waals surface area contributed by atoms with Gasteiger partial charge in [0.2, 0.25) is 0 Å². The van der Waals surface area contributed by atoms with Gasteiger partial charge in [0, 0.05) is 24.0 Å². The molecule has 0 aliphatic carbocycles. The molecule has 2 aromatic heterocycles. The van der Waals surface area contributed by atoms with E-state index in [1.54, 1.807) is 12.1 Å². The summed E-state index contributed by atoms with van der Waals surface area (Å²) in [6, 6.07) is 15.3. The Morgan fingerprint density at radius 2 is 1.78 bits per heavy atom. The van der Waals surface area contributed by atoms with Crippen LogP contribution in [0, 0.1) is 0 Å². The summed E-state index contributed by atoms with van der Waals surface area (Å²) >= 11 is 0. The van der Waals surface area contributed by atoms with Crippen LogP contribution in [-0.4, -0.2) is 19.9 Å². The molecule has 0 aliphatic heterocycles. The molecule has 0 bridgehead atoms. The van der Waals surface area contributed by atoms with Crippen LogP contribution in [0.5, 0.6) is 5.75 Å². The van der Waals surface area contributed by atoms with Crippen molar-refractivity contribution in [1.82, 2.24) is 14.8 Å². The van der Waals surface area contributed by atoms with E-state index in [9.17, 15) is 5.11 Å². The highest BCUT2D eigenvalue weighted by molar-refractivity contribution is 5.84. The zero-order chi connectivity index (χ0) is 15.8. The van der Waals surface area contributed by atoms with Crippen LogP contribution in [0.15, 0.2) is 54.7 Å². The van der Waals surface area contributed by atoms with Crippen molar-refractivity contribution in [2.75, 3.05) is 0 Å². The van der Waals surface area contributed by atoms with Crippen molar-refractivity contribution >= 4 is 34.0 Å². The molecule has 4 nitrogen and oxygen atoms in total. The molecular formula is C19H15N3O. The van der Waals surface area contributed by atoms with Gasteiger partial charge in [-0.3, -0.25) is 4.68 Å². The third-order valence-corrected chi connectivity index (χ3v) is 3.78. The molecule has 0 radical (unpaired) electrons. The minimum atomic E-state index is 0.257.